The molecule has 0 saturated heterocycles. The SMILES string of the molecule is CC(=O)c1cc([N+](=O)[O-])cc(I)c1Br. The molecule has 0 bridgehead atoms. The maximum atomic E-state index is 11.1. The number of benzene rings is 1. The zero-order valence-electron chi connectivity index (χ0n) is 7.08. The molecule has 0 fully saturated rings. The van der Waals surface area contributed by atoms with Gasteiger partial charge < -0.3 is 0 Å². The number of non-ortho nitro benzene ring substituents is 1. The van der Waals surface area contributed by atoms with Gasteiger partial charge in [-0.1, -0.05) is 0 Å². The number of nitro benzene ring substituents is 1. The average Bonchev–Trinajstić information content (AvgIpc) is 2.08. The maximum Gasteiger partial charge on any atom is 0.271 e. The van der Waals surface area contributed by atoms with E-state index in [9.17, 15) is 14.9 Å². The highest BCUT2D eigenvalue weighted by molar-refractivity contribution is 14.1. The zero-order chi connectivity index (χ0) is 10.9. The van der Waals surface area contributed by atoms with Crippen LogP contribution < -0.4 is 0 Å². The summed E-state index contributed by atoms with van der Waals surface area (Å²) in [6, 6.07) is 2.69. The van der Waals surface area contributed by atoms with Gasteiger partial charge in [-0.15, -0.1) is 0 Å². The second kappa shape index (κ2) is 4.35. The van der Waals surface area contributed by atoms with Gasteiger partial charge in [-0.25, -0.2) is 0 Å². The number of nitro groups is 1. The van der Waals surface area contributed by atoms with E-state index < -0.39 is 4.92 Å². The minimum Gasteiger partial charge on any atom is -0.294 e. The lowest BCUT2D eigenvalue weighted by atomic mass is 10.1. The predicted octanol–water partition coefficient (Wildman–Crippen LogP) is 3.16. The Labute approximate surface area is 102 Å². The monoisotopic (exact) mass is 369 g/mol. The van der Waals surface area contributed by atoms with Crippen LogP contribution in [0.25, 0.3) is 0 Å². The third-order valence-corrected chi connectivity index (χ3v) is 4.05. The van der Waals surface area contributed by atoms with Crippen molar-refractivity contribution in [3.63, 3.8) is 0 Å². The Bertz CT molecular complexity index is 419. The first-order valence-corrected chi connectivity index (χ1v) is 5.45. The van der Waals surface area contributed by atoms with Crippen molar-refractivity contribution in [2.75, 3.05) is 0 Å². The molecule has 0 atom stereocenters. The first kappa shape index (κ1) is 11.6. The van der Waals surface area contributed by atoms with Crippen molar-refractivity contribution in [3.05, 3.63) is 35.9 Å². The largest absolute Gasteiger partial charge is 0.294 e. The Kier molecular flexibility index (Phi) is 3.59. The number of halogens is 2. The number of nitrogens with zero attached hydrogens (tertiary/aromatic N) is 1. The summed E-state index contributed by atoms with van der Waals surface area (Å²) < 4.78 is 1.26. The van der Waals surface area contributed by atoms with Gasteiger partial charge in [0, 0.05) is 25.7 Å². The number of rotatable bonds is 2. The van der Waals surface area contributed by atoms with Crippen molar-refractivity contribution >= 4 is 50.0 Å². The molecule has 0 N–H and O–H groups in total. The molecule has 0 aliphatic rings. The molecular weight excluding hydrogens is 365 g/mol. The normalized spacial score (nSPS) is 9.93. The molecule has 6 heteroatoms. The van der Waals surface area contributed by atoms with Crippen LogP contribution in [-0.4, -0.2) is 10.7 Å². The molecule has 0 aliphatic carbocycles. The second-order valence-corrected chi connectivity index (χ2v) is 4.56. The van der Waals surface area contributed by atoms with Crippen molar-refractivity contribution < 1.29 is 9.72 Å². The van der Waals surface area contributed by atoms with Crippen LogP contribution in [0.15, 0.2) is 16.6 Å². The molecule has 0 amide bonds. The van der Waals surface area contributed by atoms with E-state index in [4.69, 9.17) is 0 Å². The van der Waals surface area contributed by atoms with E-state index in [1.54, 1.807) is 0 Å². The number of carbonyl (C=O) groups excluding carboxylic acids is 1. The molecule has 0 aliphatic heterocycles. The van der Waals surface area contributed by atoms with Gasteiger partial charge in [0.15, 0.2) is 5.78 Å². The quantitative estimate of drug-likeness (QED) is 0.348. The first-order chi connectivity index (χ1) is 6.43. The molecule has 0 saturated carbocycles. The van der Waals surface area contributed by atoms with Crippen LogP contribution >= 0.6 is 38.5 Å². The van der Waals surface area contributed by atoms with Crippen LogP contribution in [-0.2, 0) is 0 Å². The van der Waals surface area contributed by atoms with Crippen LogP contribution in [0.5, 0.6) is 0 Å². The molecule has 0 spiro atoms. The average molecular weight is 370 g/mol. The van der Waals surface area contributed by atoms with Gasteiger partial charge in [0.1, 0.15) is 0 Å². The van der Waals surface area contributed by atoms with E-state index in [-0.39, 0.29) is 11.5 Å². The Balaban J connectivity index is 3.43. The lowest BCUT2D eigenvalue weighted by Crippen LogP contribution is -1.98. The van der Waals surface area contributed by atoms with Gasteiger partial charge >= 0.3 is 0 Å². The Hall–Kier alpha value is -0.500. The van der Waals surface area contributed by atoms with Gasteiger partial charge in [0.05, 0.1) is 4.92 Å². The van der Waals surface area contributed by atoms with Crippen LogP contribution in [0, 0.1) is 13.7 Å². The van der Waals surface area contributed by atoms with Gasteiger partial charge in [-0.2, -0.15) is 0 Å². The fourth-order valence-corrected chi connectivity index (χ4v) is 2.05. The van der Waals surface area contributed by atoms with E-state index in [2.05, 4.69) is 15.9 Å². The minimum atomic E-state index is -0.513. The van der Waals surface area contributed by atoms with Crippen LogP contribution in [0.4, 0.5) is 5.69 Å². The zero-order valence-corrected chi connectivity index (χ0v) is 10.8. The van der Waals surface area contributed by atoms with E-state index in [0.29, 0.717) is 13.6 Å². The Morgan fingerprint density at radius 1 is 1.57 bits per heavy atom. The van der Waals surface area contributed by atoms with Gasteiger partial charge in [-0.05, 0) is 45.4 Å². The van der Waals surface area contributed by atoms with Crippen molar-refractivity contribution in [2.45, 2.75) is 6.92 Å². The molecule has 1 aromatic rings. The van der Waals surface area contributed by atoms with E-state index in [1.165, 1.54) is 19.1 Å². The molecule has 4 nitrogen and oxygen atoms in total. The lowest BCUT2D eigenvalue weighted by molar-refractivity contribution is -0.385. The van der Waals surface area contributed by atoms with Crippen LogP contribution in [0.3, 0.4) is 0 Å². The highest BCUT2D eigenvalue weighted by Gasteiger charge is 2.15. The fourth-order valence-electron chi connectivity index (χ4n) is 0.936. The predicted molar refractivity (Wildman–Crippen MR) is 63.5 cm³/mol. The Morgan fingerprint density at radius 2 is 2.14 bits per heavy atom. The topological polar surface area (TPSA) is 60.2 Å². The van der Waals surface area contributed by atoms with Gasteiger partial charge in [0.2, 0.25) is 0 Å². The van der Waals surface area contributed by atoms with Crippen LogP contribution in [0.1, 0.15) is 17.3 Å². The molecule has 14 heavy (non-hydrogen) atoms. The lowest BCUT2D eigenvalue weighted by Gasteiger charge is -2.02. The highest BCUT2D eigenvalue weighted by Crippen LogP contribution is 2.28. The van der Waals surface area contributed by atoms with Gasteiger partial charge in [-0.3, -0.25) is 14.9 Å². The first-order valence-electron chi connectivity index (χ1n) is 3.58. The summed E-state index contributed by atoms with van der Waals surface area (Å²) in [4.78, 5) is 21.1. The van der Waals surface area contributed by atoms with Crippen molar-refractivity contribution in [1.29, 1.82) is 0 Å². The smallest absolute Gasteiger partial charge is 0.271 e. The molecule has 0 aromatic heterocycles. The summed E-state index contributed by atoms with van der Waals surface area (Å²) in [5, 5.41) is 10.5. The molecule has 0 heterocycles. The number of carbonyl (C=O) groups is 1. The molecule has 74 valence electrons. The second-order valence-electron chi connectivity index (χ2n) is 2.60. The van der Waals surface area contributed by atoms with Crippen LogP contribution in [0.2, 0.25) is 0 Å². The van der Waals surface area contributed by atoms with Gasteiger partial charge in [0.25, 0.3) is 5.69 Å². The summed E-state index contributed by atoms with van der Waals surface area (Å²) in [5.74, 6) is -0.196. The number of hydrogen-bond acceptors (Lipinski definition) is 3. The van der Waals surface area contributed by atoms with Crippen molar-refractivity contribution in [2.24, 2.45) is 0 Å². The summed E-state index contributed by atoms with van der Waals surface area (Å²) in [6.45, 7) is 1.37. The van der Waals surface area contributed by atoms with Crippen molar-refractivity contribution in [1.82, 2.24) is 0 Å². The minimum absolute atomic E-state index is 0.0669. The molecule has 0 radical (unpaired) electrons. The third-order valence-electron chi connectivity index (χ3n) is 1.60. The summed E-state index contributed by atoms with van der Waals surface area (Å²) in [5.41, 5.74) is 0.270. The number of Topliss-reactive ketones (excluding diaryl/α,β-unsaturated/α-hetero) is 1. The summed E-state index contributed by atoms with van der Waals surface area (Å²) >= 11 is 5.15. The number of hydrogen-bond donors (Lipinski definition) is 0. The molecule has 1 aromatic carbocycles. The third kappa shape index (κ3) is 2.30. The summed E-state index contributed by atoms with van der Waals surface area (Å²) in [7, 11) is 0. The molecular formula is C8H5BrINO3. The highest BCUT2D eigenvalue weighted by atomic mass is 127. The molecule has 1 rings (SSSR count). The van der Waals surface area contributed by atoms with Crippen molar-refractivity contribution in [3.8, 4) is 0 Å². The summed E-state index contributed by atoms with van der Waals surface area (Å²) in [6.07, 6.45) is 0. The van der Waals surface area contributed by atoms with E-state index >= 15 is 0 Å². The standard InChI is InChI=1S/C8H5BrINO3/c1-4(12)6-2-5(11(13)14)3-7(10)8(6)9/h2-3H,1H3. The van der Waals surface area contributed by atoms with E-state index in [0.717, 1.165) is 0 Å². The Morgan fingerprint density at radius 3 is 2.57 bits per heavy atom. The van der Waals surface area contributed by atoms with E-state index in [1.807, 2.05) is 22.6 Å². The number of ketones is 1. The molecule has 0 unspecified atom stereocenters. The fraction of sp³-hybridized carbons (Fsp3) is 0.125. The maximum absolute atomic E-state index is 11.1.